The van der Waals surface area contributed by atoms with Gasteiger partial charge in [-0.3, -0.25) is 10.1 Å². The van der Waals surface area contributed by atoms with E-state index in [2.05, 4.69) is 0 Å². The molecular weight excluding hydrogens is 360 g/mol. The smallest absolute Gasteiger partial charge is 0.337 e. The average Bonchev–Trinajstić information content (AvgIpc) is 3.00. The molecule has 2 aromatic carbocycles. The Bertz CT molecular complexity index is 1100. The maximum absolute atomic E-state index is 11.7. The molecule has 0 atom stereocenters. The van der Waals surface area contributed by atoms with Crippen LogP contribution in [-0.4, -0.2) is 27.7 Å². The van der Waals surface area contributed by atoms with Gasteiger partial charge in [0, 0.05) is 17.8 Å². The molecule has 1 N–H and O–H groups in total. The van der Waals surface area contributed by atoms with E-state index in [4.69, 9.17) is 4.74 Å². The molecule has 0 fully saturated rings. The number of carboxylic acids is 1. The summed E-state index contributed by atoms with van der Waals surface area (Å²) in [7, 11) is 1.47. The fourth-order valence-corrected chi connectivity index (χ4v) is 3.21. The Kier molecular flexibility index (Phi) is 4.92. The number of aryl methyl sites for hydroxylation is 2. The number of carbonyl (C=O) groups is 1. The van der Waals surface area contributed by atoms with E-state index in [-0.39, 0.29) is 11.3 Å². The number of methoxy groups -OCH3 is 1. The summed E-state index contributed by atoms with van der Waals surface area (Å²) in [5.41, 5.74) is 4.50. The lowest BCUT2D eigenvalue weighted by Gasteiger charge is -2.16. The summed E-state index contributed by atoms with van der Waals surface area (Å²) >= 11 is 0. The summed E-state index contributed by atoms with van der Waals surface area (Å²) < 4.78 is 7.10. The first-order chi connectivity index (χ1) is 13.2. The highest BCUT2D eigenvalue weighted by Gasteiger charge is 2.23. The normalized spacial score (nSPS) is 10.7. The highest BCUT2D eigenvalue weighted by atomic mass is 16.6. The zero-order chi connectivity index (χ0) is 20.6. The first kappa shape index (κ1) is 19.2. The van der Waals surface area contributed by atoms with Crippen LogP contribution in [0.2, 0.25) is 0 Å². The van der Waals surface area contributed by atoms with Crippen molar-refractivity contribution in [1.82, 2.24) is 4.57 Å². The molecule has 0 radical (unpaired) electrons. The number of aromatic carboxylic acids is 1. The molecule has 28 heavy (non-hydrogen) atoms. The Balaban J connectivity index is 2.37. The Labute approximate surface area is 162 Å². The molecule has 0 saturated heterocycles. The number of nitro groups is 1. The fourth-order valence-electron chi connectivity index (χ4n) is 3.21. The molecule has 0 amide bonds. The molecule has 0 bridgehead atoms. The third-order valence-electron chi connectivity index (χ3n) is 4.89. The van der Waals surface area contributed by atoms with Gasteiger partial charge in [-0.05, 0) is 55.7 Å². The number of nitro benzene ring substituents is 1. The van der Waals surface area contributed by atoms with Crippen molar-refractivity contribution in [3.8, 4) is 22.7 Å². The maximum atomic E-state index is 11.7. The van der Waals surface area contributed by atoms with Crippen LogP contribution in [0, 0.1) is 30.9 Å². The van der Waals surface area contributed by atoms with Crippen LogP contribution >= 0.6 is 0 Å². The molecule has 1 aromatic heterocycles. The summed E-state index contributed by atoms with van der Waals surface area (Å²) in [6, 6.07) is 11.7. The van der Waals surface area contributed by atoms with E-state index in [1.165, 1.54) is 25.3 Å². The molecule has 0 saturated carbocycles. The Hall–Kier alpha value is -3.61. The maximum Gasteiger partial charge on any atom is 0.337 e. The van der Waals surface area contributed by atoms with Gasteiger partial charge < -0.3 is 14.4 Å². The second kappa shape index (κ2) is 7.19. The quantitative estimate of drug-likeness (QED) is 0.512. The van der Waals surface area contributed by atoms with Crippen molar-refractivity contribution < 1.29 is 19.6 Å². The van der Waals surface area contributed by atoms with Gasteiger partial charge in [0.2, 0.25) is 0 Å². The van der Waals surface area contributed by atoms with E-state index in [0.29, 0.717) is 22.8 Å². The van der Waals surface area contributed by atoms with E-state index in [1.807, 2.05) is 32.0 Å². The standard InChI is InChI=1S/C21H20N2O5/c1-12-5-6-15(9-13(12)2)18-11-17(21(24)25)14(3)22(18)19-10-16(23(26)27)7-8-20(19)28-4/h5-11H,1-4H3,(H,24,25). The fraction of sp³-hybridized carbons (Fsp3) is 0.190. The molecule has 144 valence electrons. The highest BCUT2D eigenvalue weighted by molar-refractivity contribution is 5.92. The van der Waals surface area contributed by atoms with Crippen molar-refractivity contribution in [1.29, 1.82) is 0 Å². The Morgan fingerprint density at radius 1 is 1.07 bits per heavy atom. The Morgan fingerprint density at radius 3 is 2.36 bits per heavy atom. The van der Waals surface area contributed by atoms with E-state index < -0.39 is 10.9 Å². The van der Waals surface area contributed by atoms with Crippen LogP contribution in [0.4, 0.5) is 5.69 Å². The van der Waals surface area contributed by atoms with Gasteiger partial charge in [-0.2, -0.15) is 0 Å². The minimum Gasteiger partial charge on any atom is -0.495 e. The first-order valence-corrected chi connectivity index (χ1v) is 8.60. The lowest BCUT2D eigenvalue weighted by atomic mass is 10.0. The Morgan fingerprint density at radius 2 is 1.79 bits per heavy atom. The number of hydrogen-bond acceptors (Lipinski definition) is 4. The largest absolute Gasteiger partial charge is 0.495 e. The molecule has 0 unspecified atom stereocenters. The van der Waals surface area contributed by atoms with Crippen molar-refractivity contribution in [3.05, 3.63) is 75.0 Å². The lowest BCUT2D eigenvalue weighted by Crippen LogP contribution is -2.05. The molecular formula is C21H20N2O5. The molecule has 0 aliphatic carbocycles. The lowest BCUT2D eigenvalue weighted by molar-refractivity contribution is -0.384. The number of benzene rings is 2. The van der Waals surface area contributed by atoms with Crippen molar-refractivity contribution in [2.75, 3.05) is 7.11 Å². The summed E-state index contributed by atoms with van der Waals surface area (Å²) in [5, 5.41) is 20.9. The van der Waals surface area contributed by atoms with E-state index >= 15 is 0 Å². The summed E-state index contributed by atoms with van der Waals surface area (Å²) in [6.07, 6.45) is 0. The third kappa shape index (κ3) is 3.22. The first-order valence-electron chi connectivity index (χ1n) is 8.60. The van der Waals surface area contributed by atoms with E-state index in [9.17, 15) is 20.0 Å². The molecule has 7 nitrogen and oxygen atoms in total. The van der Waals surface area contributed by atoms with Gasteiger partial charge in [0.05, 0.1) is 29.0 Å². The van der Waals surface area contributed by atoms with Crippen LogP contribution < -0.4 is 4.74 Å². The van der Waals surface area contributed by atoms with Crippen molar-refractivity contribution in [2.24, 2.45) is 0 Å². The zero-order valence-corrected chi connectivity index (χ0v) is 16.0. The highest BCUT2D eigenvalue weighted by Crippen LogP contribution is 2.36. The number of hydrogen-bond donors (Lipinski definition) is 1. The molecule has 7 heteroatoms. The predicted molar refractivity (Wildman–Crippen MR) is 106 cm³/mol. The predicted octanol–water partition coefficient (Wildman–Crippen LogP) is 4.68. The number of aromatic nitrogens is 1. The molecule has 1 heterocycles. The third-order valence-corrected chi connectivity index (χ3v) is 4.89. The van der Waals surface area contributed by atoms with Crippen LogP contribution in [0.25, 0.3) is 16.9 Å². The number of nitrogens with zero attached hydrogens (tertiary/aromatic N) is 2. The summed E-state index contributed by atoms with van der Waals surface area (Å²) in [6.45, 7) is 5.65. The van der Waals surface area contributed by atoms with Crippen LogP contribution in [0.1, 0.15) is 27.2 Å². The number of non-ortho nitro benzene ring substituents is 1. The van der Waals surface area contributed by atoms with Crippen LogP contribution in [0.5, 0.6) is 5.75 Å². The van der Waals surface area contributed by atoms with Crippen LogP contribution in [0.15, 0.2) is 42.5 Å². The monoisotopic (exact) mass is 380 g/mol. The number of carboxylic acid groups (broad SMARTS) is 1. The number of rotatable bonds is 5. The van der Waals surface area contributed by atoms with Crippen molar-refractivity contribution in [3.63, 3.8) is 0 Å². The molecule has 0 spiro atoms. The SMILES string of the molecule is COc1ccc([N+](=O)[O-])cc1-n1c(-c2ccc(C)c(C)c2)cc(C(=O)O)c1C. The van der Waals surface area contributed by atoms with Gasteiger partial charge in [0.25, 0.3) is 5.69 Å². The van der Waals surface area contributed by atoms with Gasteiger partial charge in [-0.15, -0.1) is 0 Å². The molecule has 3 rings (SSSR count). The topological polar surface area (TPSA) is 94.6 Å². The zero-order valence-electron chi connectivity index (χ0n) is 16.0. The second-order valence-corrected chi connectivity index (χ2v) is 6.58. The molecule has 0 aliphatic rings. The average molecular weight is 380 g/mol. The van der Waals surface area contributed by atoms with Gasteiger partial charge in [0.1, 0.15) is 5.75 Å². The van der Waals surface area contributed by atoms with E-state index in [1.54, 1.807) is 17.6 Å². The second-order valence-electron chi connectivity index (χ2n) is 6.58. The number of ether oxygens (including phenoxy) is 1. The van der Waals surface area contributed by atoms with E-state index in [0.717, 1.165) is 16.7 Å². The summed E-state index contributed by atoms with van der Waals surface area (Å²) in [4.78, 5) is 22.5. The van der Waals surface area contributed by atoms with Gasteiger partial charge >= 0.3 is 5.97 Å². The van der Waals surface area contributed by atoms with Gasteiger partial charge in [0.15, 0.2) is 0 Å². The minimum absolute atomic E-state index is 0.105. The van der Waals surface area contributed by atoms with Crippen LogP contribution in [-0.2, 0) is 0 Å². The van der Waals surface area contributed by atoms with Crippen molar-refractivity contribution >= 4 is 11.7 Å². The van der Waals surface area contributed by atoms with Gasteiger partial charge in [-0.25, -0.2) is 4.79 Å². The summed E-state index contributed by atoms with van der Waals surface area (Å²) in [5.74, 6) is -0.656. The van der Waals surface area contributed by atoms with Gasteiger partial charge in [-0.1, -0.05) is 12.1 Å². The van der Waals surface area contributed by atoms with Crippen LogP contribution in [0.3, 0.4) is 0 Å². The van der Waals surface area contributed by atoms with Crippen molar-refractivity contribution in [2.45, 2.75) is 20.8 Å². The molecule has 3 aromatic rings. The minimum atomic E-state index is -1.06. The molecule has 0 aliphatic heterocycles.